The third-order valence-electron chi connectivity index (χ3n) is 3.07. The lowest BCUT2D eigenvalue weighted by molar-refractivity contribution is 0.0698. The second-order valence-corrected chi connectivity index (χ2v) is 10.3. The Labute approximate surface area is 136 Å². The van der Waals surface area contributed by atoms with Crippen LogP contribution in [0.25, 0.3) is 0 Å². The van der Waals surface area contributed by atoms with E-state index >= 15 is 0 Å². The highest BCUT2D eigenvalue weighted by Crippen LogP contribution is 2.13. The van der Waals surface area contributed by atoms with Crippen molar-refractivity contribution in [2.45, 2.75) is 71.0 Å². The molecule has 0 bridgehead atoms. The molecule has 0 aromatic rings. The van der Waals surface area contributed by atoms with Crippen molar-refractivity contribution in [2.24, 2.45) is 0 Å². The predicted octanol–water partition coefficient (Wildman–Crippen LogP) is 1.98. The molecule has 0 aromatic carbocycles. The standard InChI is InChI=1S/C15H32O4S2/c1-14(2,16)8-5-10-20(18)12-7-13-21(19)11-6-9-15(3,4)17/h16-17H,5-13H2,1-4H3. The van der Waals surface area contributed by atoms with Gasteiger partial charge in [0.2, 0.25) is 0 Å². The van der Waals surface area contributed by atoms with Crippen molar-refractivity contribution >= 4 is 22.4 Å². The molecule has 4 nitrogen and oxygen atoms in total. The molecule has 21 heavy (non-hydrogen) atoms. The molecule has 0 spiro atoms. The van der Waals surface area contributed by atoms with Gasteiger partial charge in [0.25, 0.3) is 0 Å². The topological polar surface area (TPSA) is 86.6 Å². The third-order valence-corrected chi connectivity index (χ3v) is 6.04. The van der Waals surface area contributed by atoms with Crippen LogP contribution in [0.4, 0.5) is 0 Å². The monoisotopic (exact) mass is 340 g/mol. The van der Waals surface area contributed by atoms with Gasteiger partial charge >= 0.3 is 0 Å². The summed E-state index contributed by atoms with van der Waals surface area (Å²) in [4.78, 5) is 0. The molecule has 0 rings (SSSR count). The lowest BCUT2D eigenvalue weighted by Crippen LogP contribution is -2.22. The zero-order chi connectivity index (χ0) is 16.5. The Morgan fingerprint density at radius 3 is 1.24 bits per heavy atom. The first-order chi connectivity index (χ1) is 9.49. The summed E-state index contributed by atoms with van der Waals surface area (Å²) in [5.41, 5.74) is -1.38. The van der Waals surface area contributed by atoms with Gasteiger partial charge in [0, 0.05) is 6.42 Å². The van der Waals surface area contributed by atoms with Crippen LogP contribution in [0.5, 0.6) is 0 Å². The number of rotatable bonds is 12. The third kappa shape index (κ3) is 16.7. The Hall–Kier alpha value is 0.540. The number of hydrogen-bond donors (Lipinski definition) is 2. The van der Waals surface area contributed by atoms with Crippen LogP contribution in [0.2, 0.25) is 0 Å². The van der Waals surface area contributed by atoms with Crippen molar-refractivity contribution in [1.29, 1.82) is 0 Å². The Morgan fingerprint density at radius 2 is 0.952 bits per heavy atom. The Bertz CT molecular complexity index is 235. The summed E-state index contributed by atoms with van der Waals surface area (Å²) in [6.07, 6.45) is 3.53. The average Bonchev–Trinajstić information content (AvgIpc) is 2.25. The SMILES string of the molecule is CC(C)(O)CCC[S+]([O-])CCC[S+]([O-])CCCC(C)(C)O. The van der Waals surface area contributed by atoms with Gasteiger partial charge in [0.1, 0.15) is 23.0 Å². The molecule has 2 atom stereocenters. The molecule has 2 unspecified atom stereocenters. The van der Waals surface area contributed by atoms with Crippen LogP contribution in [-0.2, 0) is 22.4 Å². The molecule has 0 aliphatic heterocycles. The molecule has 6 heteroatoms. The maximum atomic E-state index is 11.8. The zero-order valence-electron chi connectivity index (χ0n) is 13.9. The first-order valence-corrected chi connectivity index (χ1v) is 10.6. The smallest absolute Gasteiger partial charge is 0.110 e. The van der Waals surface area contributed by atoms with Gasteiger partial charge in [-0.05, 0) is 53.4 Å². The van der Waals surface area contributed by atoms with Gasteiger partial charge in [0.15, 0.2) is 0 Å². The van der Waals surface area contributed by atoms with Crippen LogP contribution >= 0.6 is 0 Å². The first-order valence-electron chi connectivity index (χ1n) is 7.64. The molecular formula is C15H32O4S2. The largest absolute Gasteiger partial charge is 0.616 e. The van der Waals surface area contributed by atoms with Crippen LogP contribution < -0.4 is 0 Å². The Kier molecular flexibility index (Phi) is 10.6. The fourth-order valence-electron chi connectivity index (χ4n) is 1.92. The molecule has 0 amide bonds. The van der Waals surface area contributed by atoms with E-state index < -0.39 is 33.6 Å². The molecule has 0 fully saturated rings. The van der Waals surface area contributed by atoms with Crippen LogP contribution in [0.3, 0.4) is 0 Å². The molecule has 2 N–H and O–H groups in total. The fraction of sp³-hybridized carbons (Fsp3) is 1.00. The Morgan fingerprint density at radius 1 is 0.667 bits per heavy atom. The average molecular weight is 341 g/mol. The summed E-state index contributed by atoms with van der Waals surface area (Å²) in [5.74, 6) is 2.39. The molecule has 0 aromatic heterocycles. The maximum absolute atomic E-state index is 11.8. The molecule has 0 saturated heterocycles. The summed E-state index contributed by atoms with van der Waals surface area (Å²) in [7, 11) is 0. The van der Waals surface area contributed by atoms with Gasteiger partial charge in [0.05, 0.1) is 11.2 Å². The van der Waals surface area contributed by atoms with Crippen molar-refractivity contribution in [3.05, 3.63) is 0 Å². The minimum Gasteiger partial charge on any atom is -0.616 e. The van der Waals surface area contributed by atoms with E-state index in [9.17, 15) is 19.3 Å². The minimum atomic E-state index is -0.876. The molecule has 128 valence electrons. The normalized spacial score (nSPS) is 16.0. The van der Waals surface area contributed by atoms with Crippen molar-refractivity contribution in [1.82, 2.24) is 0 Å². The van der Waals surface area contributed by atoms with Gasteiger partial charge in [-0.3, -0.25) is 0 Å². The van der Waals surface area contributed by atoms with Crippen LogP contribution in [0, 0.1) is 0 Å². The zero-order valence-corrected chi connectivity index (χ0v) is 15.5. The predicted molar refractivity (Wildman–Crippen MR) is 91.4 cm³/mol. The summed E-state index contributed by atoms with van der Waals surface area (Å²) >= 11 is -1.75. The first kappa shape index (κ1) is 21.5. The van der Waals surface area contributed by atoms with E-state index in [4.69, 9.17) is 0 Å². The van der Waals surface area contributed by atoms with Crippen LogP contribution in [-0.4, -0.2) is 53.5 Å². The second kappa shape index (κ2) is 10.3. The van der Waals surface area contributed by atoms with E-state index in [0.717, 1.165) is 12.8 Å². The van der Waals surface area contributed by atoms with Gasteiger partial charge in [-0.1, -0.05) is 22.4 Å². The van der Waals surface area contributed by atoms with Crippen LogP contribution in [0.15, 0.2) is 0 Å². The summed E-state index contributed by atoms with van der Waals surface area (Å²) < 4.78 is 23.5. The molecule has 0 aliphatic rings. The van der Waals surface area contributed by atoms with Gasteiger partial charge in [-0.25, -0.2) is 0 Å². The summed E-state index contributed by atoms with van der Waals surface area (Å²) in [5, 5.41) is 19.1. The second-order valence-electron chi connectivity index (χ2n) is 6.88. The van der Waals surface area contributed by atoms with Gasteiger partial charge < -0.3 is 19.3 Å². The van der Waals surface area contributed by atoms with E-state index in [-0.39, 0.29) is 0 Å². The lowest BCUT2D eigenvalue weighted by Gasteiger charge is -2.18. The minimum absolute atomic E-state index is 0.586. The highest BCUT2D eigenvalue weighted by atomic mass is 32.2. The van der Waals surface area contributed by atoms with Crippen molar-refractivity contribution in [3.63, 3.8) is 0 Å². The summed E-state index contributed by atoms with van der Waals surface area (Å²) in [6.45, 7) is 7.03. The molecule has 0 heterocycles. The van der Waals surface area contributed by atoms with Gasteiger partial charge in [-0.15, -0.1) is 0 Å². The molecule has 0 saturated carbocycles. The molecular weight excluding hydrogens is 308 g/mol. The van der Waals surface area contributed by atoms with Gasteiger partial charge in [-0.2, -0.15) is 0 Å². The van der Waals surface area contributed by atoms with E-state index in [1.165, 1.54) is 0 Å². The lowest BCUT2D eigenvalue weighted by atomic mass is 10.0. The highest BCUT2D eigenvalue weighted by molar-refractivity contribution is 7.92. The van der Waals surface area contributed by atoms with E-state index in [1.807, 2.05) is 0 Å². The fourth-order valence-corrected chi connectivity index (χ4v) is 4.37. The van der Waals surface area contributed by atoms with Crippen molar-refractivity contribution < 1.29 is 19.3 Å². The molecule has 0 aliphatic carbocycles. The Balaban J connectivity index is 3.55. The maximum Gasteiger partial charge on any atom is 0.110 e. The van der Waals surface area contributed by atoms with Crippen molar-refractivity contribution in [3.8, 4) is 0 Å². The van der Waals surface area contributed by atoms with E-state index in [1.54, 1.807) is 27.7 Å². The van der Waals surface area contributed by atoms with E-state index in [2.05, 4.69) is 0 Å². The highest BCUT2D eigenvalue weighted by Gasteiger charge is 2.17. The van der Waals surface area contributed by atoms with Crippen molar-refractivity contribution in [2.75, 3.05) is 23.0 Å². The number of aliphatic hydroxyl groups is 2. The quantitative estimate of drug-likeness (QED) is 0.532. The molecule has 0 radical (unpaired) electrons. The number of hydrogen-bond acceptors (Lipinski definition) is 4. The van der Waals surface area contributed by atoms with E-state index in [0.29, 0.717) is 42.3 Å². The summed E-state index contributed by atoms with van der Waals surface area (Å²) in [6, 6.07) is 0. The van der Waals surface area contributed by atoms with Crippen LogP contribution in [0.1, 0.15) is 59.8 Å².